The molecule has 0 aliphatic carbocycles. The predicted molar refractivity (Wildman–Crippen MR) is 54.7 cm³/mol. The van der Waals surface area contributed by atoms with Crippen LogP contribution < -0.4 is 0 Å². The van der Waals surface area contributed by atoms with Crippen molar-refractivity contribution in [1.29, 1.82) is 0 Å². The third-order valence-corrected chi connectivity index (χ3v) is 3.46. The molecular formula is C9H16O4S. The summed E-state index contributed by atoms with van der Waals surface area (Å²) >= 11 is 1.39. The zero-order valence-corrected chi connectivity index (χ0v) is 9.30. The Hall–Kier alpha value is -0.260. The molecular weight excluding hydrogens is 204 g/mol. The van der Waals surface area contributed by atoms with Crippen LogP contribution in [0, 0.1) is 0 Å². The molecule has 0 aromatic heterocycles. The molecule has 4 nitrogen and oxygen atoms in total. The van der Waals surface area contributed by atoms with Gasteiger partial charge in [-0.15, -0.1) is 11.8 Å². The van der Waals surface area contributed by atoms with Crippen molar-refractivity contribution in [2.24, 2.45) is 0 Å². The van der Waals surface area contributed by atoms with Crippen LogP contribution in [0.4, 0.5) is 0 Å². The Labute approximate surface area is 88.0 Å². The number of carboxylic acid groups (broad SMARTS) is 1. The van der Waals surface area contributed by atoms with Crippen LogP contribution in [0.3, 0.4) is 0 Å². The maximum absolute atomic E-state index is 10.8. The van der Waals surface area contributed by atoms with Crippen LogP contribution in [0.5, 0.6) is 0 Å². The minimum absolute atomic E-state index is 0.0346. The van der Waals surface area contributed by atoms with Crippen molar-refractivity contribution >= 4 is 17.7 Å². The van der Waals surface area contributed by atoms with E-state index in [0.717, 1.165) is 0 Å². The van der Waals surface area contributed by atoms with Crippen LogP contribution in [0.1, 0.15) is 13.8 Å². The fourth-order valence-electron chi connectivity index (χ4n) is 0.996. The van der Waals surface area contributed by atoms with E-state index in [1.54, 1.807) is 13.8 Å². The van der Waals surface area contributed by atoms with Crippen LogP contribution in [0.15, 0.2) is 0 Å². The molecule has 1 N–H and O–H groups in total. The van der Waals surface area contributed by atoms with E-state index < -0.39 is 10.7 Å². The molecule has 1 aliphatic rings. The first kappa shape index (κ1) is 11.8. The highest BCUT2D eigenvalue weighted by atomic mass is 32.2. The van der Waals surface area contributed by atoms with Crippen LogP contribution in [0.25, 0.3) is 0 Å². The van der Waals surface area contributed by atoms with E-state index in [2.05, 4.69) is 0 Å². The Morgan fingerprint density at radius 2 is 2.29 bits per heavy atom. The topological polar surface area (TPSA) is 55.8 Å². The van der Waals surface area contributed by atoms with Crippen LogP contribution in [-0.4, -0.2) is 47.5 Å². The van der Waals surface area contributed by atoms with Gasteiger partial charge >= 0.3 is 5.97 Å². The van der Waals surface area contributed by atoms with Gasteiger partial charge < -0.3 is 14.6 Å². The molecule has 0 radical (unpaired) electrons. The lowest BCUT2D eigenvalue weighted by molar-refractivity contribution is -0.138. The van der Waals surface area contributed by atoms with Crippen molar-refractivity contribution in [3.8, 4) is 0 Å². The van der Waals surface area contributed by atoms with Crippen molar-refractivity contribution in [3.05, 3.63) is 0 Å². The highest BCUT2D eigenvalue weighted by Crippen LogP contribution is 2.26. The van der Waals surface area contributed by atoms with Gasteiger partial charge in [0, 0.05) is 5.75 Å². The minimum Gasteiger partial charge on any atom is -0.480 e. The Morgan fingerprint density at radius 3 is 2.79 bits per heavy atom. The van der Waals surface area contributed by atoms with Crippen molar-refractivity contribution in [3.63, 3.8) is 0 Å². The molecule has 1 rings (SSSR count). The highest BCUT2D eigenvalue weighted by Gasteiger charge is 2.29. The first-order valence-corrected chi connectivity index (χ1v) is 5.57. The van der Waals surface area contributed by atoms with E-state index in [1.807, 2.05) is 0 Å². The normalized spacial score (nSPS) is 23.4. The summed E-state index contributed by atoms with van der Waals surface area (Å²) in [5, 5.41) is 8.88. The standard InChI is InChI=1S/C9H16O4S/c1-9(2,8(10)11)14-6-7-5-12-3-4-13-7/h7H,3-6H2,1-2H3,(H,10,11). The van der Waals surface area contributed by atoms with Gasteiger partial charge in [-0.2, -0.15) is 0 Å². The van der Waals surface area contributed by atoms with E-state index in [1.165, 1.54) is 11.8 Å². The van der Waals surface area contributed by atoms with Gasteiger partial charge in [0.05, 0.1) is 25.9 Å². The van der Waals surface area contributed by atoms with E-state index in [9.17, 15) is 4.79 Å². The quantitative estimate of drug-likeness (QED) is 0.766. The summed E-state index contributed by atoms with van der Waals surface area (Å²) in [7, 11) is 0. The van der Waals surface area contributed by atoms with Gasteiger partial charge in [0.15, 0.2) is 0 Å². The molecule has 1 saturated heterocycles. The Kier molecular flexibility index (Phi) is 4.22. The number of aliphatic carboxylic acids is 1. The lowest BCUT2D eigenvalue weighted by Crippen LogP contribution is -2.34. The summed E-state index contributed by atoms with van der Waals surface area (Å²) in [6.45, 7) is 5.22. The number of carboxylic acids is 1. The van der Waals surface area contributed by atoms with Crippen molar-refractivity contribution in [1.82, 2.24) is 0 Å². The average Bonchev–Trinajstić information content (AvgIpc) is 2.16. The molecule has 0 aromatic rings. The second-order valence-corrected chi connectivity index (χ2v) is 5.34. The monoisotopic (exact) mass is 220 g/mol. The summed E-state index contributed by atoms with van der Waals surface area (Å²) < 4.78 is 9.89. The van der Waals surface area contributed by atoms with E-state index in [0.29, 0.717) is 25.6 Å². The maximum Gasteiger partial charge on any atom is 0.319 e. The lowest BCUT2D eigenvalue weighted by Gasteiger charge is -2.26. The molecule has 0 aromatic carbocycles. The highest BCUT2D eigenvalue weighted by molar-refractivity contribution is 8.01. The Morgan fingerprint density at radius 1 is 1.57 bits per heavy atom. The van der Waals surface area contributed by atoms with Gasteiger partial charge in [0.1, 0.15) is 4.75 Å². The fraction of sp³-hybridized carbons (Fsp3) is 0.889. The fourth-order valence-corrected chi connectivity index (χ4v) is 1.91. The molecule has 1 atom stereocenters. The largest absolute Gasteiger partial charge is 0.480 e. The molecule has 14 heavy (non-hydrogen) atoms. The van der Waals surface area contributed by atoms with Gasteiger partial charge in [-0.3, -0.25) is 4.79 Å². The predicted octanol–water partition coefficient (Wildman–Crippen LogP) is 0.998. The van der Waals surface area contributed by atoms with Gasteiger partial charge in [0.2, 0.25) is 0 Å². The van der Waals surface area contributed by atoms with E-state index >= 15 is 0 Å². The maximum atomic E-state index is 10.8. The summed E-state index contributed by atoms with van der Waals surface area (Å²) in [5.74, 6) is -0.126. The molecule has 0 bridgehead atoms. The second kappa shape index (κ2) is 5.00. The third-order valence-electron chi connectivity index (χ3n) is 2.03. The summed E-state index contributed by atoms with van der Waals surface area (Å²) in [6.07, 6.45) is 0.0346. The first-order chi connectivity index (χ1) is 6.52. The number of carbonyl (C=O) groups is 1. The number of rotatable bonds is 4. The van der Waals surface area contributed by atoms with E-state index in [-0.39, 0.29) is 6.10 Å². The van der Waals surface area contributed by atoms with Gasteiger partial charge in [-0.1, -0.05) is 0 Å². The Bertz CT molecular complexity index is 199. The SMILES string of the molecule is CC(C)(SCC1COCCO1)C(=O)O. The van der Waals surface area contributed by atoms with E-state index in [4.69, 9.17) is 14.6 Å². The summed E-state index contributed by atoms with van der Waals surface area (Å²) in [5.41, 5.74) is 0. The molecule has 5 heteroatoms. The van der Waals surface area contributed by atoms with Crippen LogP contribution >= 0.6 is 11.8 Å². The second-order valence-electron chi connectivity index (χ2n) is 3.69. The van der Waals surface area contributed by atoms with Crippen LogP contribution in [0.2, 0.25) is 0 Å². The number of hydrogen-bond acceptors (Lipinski definition) is 4. The van der Waals surface area contributed by atoms with Crippen molar-refractivity contribution < 1.29 is 19.4 Å². The molecule has 0 spiro atoms. The smallest absolute Gasteiger partial charge is 0.319 e. The molecule has 1 unspecified atom stereocenters. The number of hydrogen-bond donors (Lipinski definition) is 1. The first-order valence-electron chi connectivity index (χ1n) is 4.59. The molecule has 82 valence electrons. The molecule has 1 heterocycles. The Balaban J connectivity index is 2.28. The molecule has 0 saturated carbocycles. The summed E-state index contributed by atoms with van der Waals surface area (Å²) in [4.78, 5) is 10.8. The van der Waals surface area contributed by atoms with Gasteiger partial charge in [-0.05, 0) is 13.8 Å². The molecule has 1 fully saturated rings. The minimum atomic E-state index is -0.792. The van der Waals surface area contributed by atoms with Crippen LogP contribution in [-0.2, 0) is 14.3 Å². The van der Waals surface area contributed by atoms with Gasteiger partial charge in [0.25, 0.3) is 0 Å². The lowest BCUT2D eigenvalue weighted by atomic mass is 10.2. The van der Waals surface area contributed by atoms with Crippen molar-refractivity contribution in [2.45, 2.75) is 24.7 Å². The zero-order chi connectivity index (χ0) is 10.6. The molecule has 1 aliphatic heterocycles. The number of ether oxygens (including phenoxy) is 2. The van der Waals surface area contributed by atoms with Gasteiger partial charge in [-0.25, -0.2) is 0 Å². The van der Waals surface area contributed by atoms with Crippen molar-refractivity contribution in [2.75, 3.05) is 25.6 Å². The third kappa shape index (κ3) is 3.48. The number of thioether (sulfide) groups is 1. The average molecular weight is 220 g/mol. The summed E-state index contributed by atoms with van der Waals surface area (Å²) in [6, 6.07) is 0. The molecule has 0 amide bonds. The zero-order valence-electron chi connectivity index (χ0n) is 8.49.